The van der Waals surface area contributed by atoms with Gasteiger partial charge in [0, 0.05) is 25.1 Å². The highest BCUT2D eigenvalue weighted by Crippen LogP contribution is 2.34. The summed E-state index contributed by atoms with van der Waals surface area (Å²) in [4.78, 5) is 27.3. The number of thioether (sulfide) groups is 1. The maximum Gasteiger partial charge on any atom is 0.253 e. The van der Waals surface area contributed by atoms with Crippen molar-refractivity contribution >= 4 is 40.6 Å². The Hall–Kier alpha value is -4.16. The molecule has 0 radical (unpaired) electrons. The first-order valence-corrected chi connectivity index (χ1v) is 14.7. The Morgan fingerprint density at radius 1 is 1.07 bits per heavy atom. The average Bonchev–Trinajstić information content (AvgIpc) is 3.75. The van der Waals surface area contributed by atoms with Crippen LogP contribution in [0.5, 0.6) is 11.5 Å². The smallest absolute Gasteiger partial charge is 0.253 e. The lowest BCUT2D eigenvalue weighted by atomic mass is 10.00. The monoisotopic (exact) mass is 590 g/mol. The Morgan fingerprint density at radius 2 is 1.80 bits per heavy atom. The molecular weight excluding hydrogens is 560 g/mol. The molecule has 0 unspecified atom stereocenters. The van der Waals surface area contributed by atoms with Crippen molar-refractivity contribution in [3.05, 3.63) is 87.4 Å². The van der Waals surface area contributed by atoms with Crippen LogP contribution in [-0.4, -0.2) is 57.3 Å². The minimum absolute atomic E-state index is 0.114. The van der Waals surface area contributed by atoms with Gasteiger partial charge in [0.2, 0.25) is 0 Å². The largest absolute Gasteiger partial charge is 0.497 e. The number of carbonyl (C=O) groups excluding carboxylic acids is 2. The van der Waals surface area contributed by atoms with Gasteiger partial charge in [0.1, 0.15) is 11.5 Å². The van der Waals surface area contributed by atoms with E-state index in [1.54, 1.807) is 46.2 Å². The third kappa shape index (κ3) is 6.44. The van der Waals surface area contributed by atoms with Gasteiger partial charge in [0.25, 0.3) is 11.8 Å². The molecule has 0 saturated carbocycles. The van der Waals surface area contributed by atoms with Gasteiger partial charge in [-0.3, -0.25) is 9.59 Å². The summed E-state index contributed by atoms with van der Waals surface area (Å²) in [5, 5.41) is 20.2. The van der Waals surface area contributed by atoms with Crippen LogP contribution in [0.1, 0.15) is 44.6 Å². The quantitative estimate of drug-likeness (QED) is 0.269. The van der Waals surface area contributed by atoms with Crippen molar-refractivity contribution in [3.63, 3.8) is 0 Å². The van der Waals surface area contributed by atoms with Crippen molar-refractivity contribution in [2.24, 2.45) is 12.1 Å². The molecule has 0 saturated heterocycles. The van der Waals surface area contributed by atoms with Crippen LogP contribution in [0.3, 0.4) is 0 Å². The van der Waals surface area contributed by atoms with Gasteiger partial charge in [-0.2, -0.15) is 5.10 Å². The van der Waals surface area contributed by atoms with Gasteiger partial charge < -0.3 is 19.4 Å². The van der Waals surface area contributed by atoms with Crippen LogP contribution in [0.25, 0.3) is 0 Å². The number of hydrogen-bond donors (Lipinski definition) is 1. The molecule has 2 aromatic carbocycles. The molecule has 1 N–H and O–H groups in total. The number of ether oxygens (including phenoxy) is 2. The predicted octanol–water partition coefficient (Wildman–Crippen LogP) is 4.60. The number of carbonyl (C=O) groups is 2. The molecule has 2 amide bonds. The number of amides is 2. The Bertz CT molecular complexity index is 1540. The topological polar surface area (TPSA) is 111 Å². The number of nitrogens with zero attached hydrogens (tertiary/aromatic N) is 5. The maximum absolute atomic E-state index is 13.4. The Labute approximate surface area is 246 Å². The molecular formula is C29H30N6O4S2. The van der Waals surface area contributed by atoms with E-state index in [9.17, 15) is 9.59 Å². The van der Waals surface area contributed by atoms with Gasteiger partial charge in [-0.15, -0.1) is 21.5 Å². The molecule has 0 bridgehead atoms. The van der Waals surface area contributed by atoms with Gasteiger partial charge in [0.05, 0.1) is 43.1 Å². The average molecular weight is 591 g/mol. The molecule has 1 aliphatic rings. The molecule has 5 rings (SSSR count). The van der Waals surface area contributed by atoms with Gasteiger partial charge in [-0.05, 0) is 36.1 Å². The highest BCUT2D eigenvalue weighted by molar-refractivity contribution is 7.99. The van der Waals surface area contributed by atoms with Crippen LogP contribution in [0.15, 0.2) is 70.2 Å². The number of hydrazone groups is 1. The van der Waals surface area contributed by atoms with E-state index in [-0.39, 0.29) is 30.2 Å². The third-order valence-corrected chi connectivity index (χ3v) is 8.63. The number of hydrogen-bond acceptors (Lipinski definition) is 9. The first-order chi connectivity index (χ1) is 19.9. The lowest BCUT2D eigenvalue weighted by Crippen LogP contribution is -2.28. The molecule has 3 heterocycles. The SMILES string of the molecule is COc1cc(OC)cc(C(=O)NCc2nnc(SCC(=O)N3N=C(c4cccs4)C[C@@H]3c3ccc(C)cc3)n2C)c1. The van der Waals surface area contributed by atoms with Crippen molar-refractivity contribution in [1.29, 1.82) is 0 Å². The van der Waals surface area contributed by atoms with Crippen molar-refractivity contribution < 1.29 is 19.1 Å². The number of methoxy groups -OCH3 is 2. The molecule has 1 atom stereocenters. The van der Waals surface area contributed by atoms with Crippen molar-refractivity contribution in [3.8, 4) is 11.5 Å². The van der Waals surface area contributed by atoms with Gasteiger partial charge in [-0.1, -0.05) is 47.7 Å². The molecule has 2 aromatic heterocycles. The van der Waals surface area contributed by atoms with E-state index in [0.29, 0.717) is 34.5 Å². The fraction of sp³-hybridized carbons (Fsp3) is 0.276. The first kappa shape index (κ1) is 28.4. The summed E-state index contributed by atoms with van der Waals surface area (Å²) in [5.41, 5.74) is 3.53. The lowest BCUT2D eigenvalue weighted by Gasteiger charge is -2.22. The normalized spacial score (nSPS) is 14.6. The zero-order valence-corrected chi connectivity index (χ0v) is 24.8. The standard InChI is InChI=1S/C29H30N6O4S2/c1-18-7-9-19(10-8-18)24-15-23(25-6-5-11-40-25)33-35(24)27(36)17-41-29-32-31-26(34(29)2)16-30-28(37)20-12-21(38-3)14-22(13-20)39-4/h5-14,24H,15-17H2,1-4H3,(H,30,37)/t24-/m1/s1. The van der Waals surface area contributed by atoms with Crippen molar-refractivity contribution in [1.82, 2.24) is 25.1 Å². The van der Waals surface area contributed by atoms with Crippen LogP contribution in [0.4, 0.5) is 0 Å². The Kier molecular flexibility index (Phi) is 8.70. The summed E-state index contributed by atoms with van der Waals surface area (Å²) in [6.45, 7) is 2.20. The molecule has 212 valence electrons. The summed E-state index contributed by atoms with van der Waals surface area (Å²) in [6.07, 6.45) is 0.660. The van der Waals surface area contributed by atoms with E-state index in [2.05, 4.69) is 39.8 Å². The highest BCUT2D eigenvalue weighted by atomic mass is 32.2. The summed E-state index contributed by atoms with van der Waals surface area (Å²) < 4.78 is 12.3. The molecule has 4 aromatic rings. The van der Waals surface area contributed by atoms with Crippen LogP contribution < -0.4 is 14.8 Å². The zero-order chi connectivity index (χ0) is 28.9. The lowest BCUT2D eigenvalue weighted by molar-refractivity contribution is -0.130. The number of aromatic nitrogens is 3. The molecule has 0 spiro atoms. The minimum atomic E-state index is -0.301. The summed E-state index contributed by atoms with van der Waals surface area (Å²) in [7, 11) is 4.86. The van der Waals surface area contributed by atoms with E-state index in [4.69, 9.17) is 14.6 Å². The fourth-order valence-corrected chi connectivity index (χ4v) is 5.90. The van der Waals surface area contributed by atoms with Crippen LogP contribution in [-0.2, 0) is 18.4 Å². The molecule has 0 aliphatic carbocycles. The Balaban J connectivity index is 1.24. The van der Waals surface area contributed by atoms with Crippen LogP contribution in [0, 0.1) is 6.92 Å². The summed E-state index contributed by atoms with van der Waals surface area (Å²) in [5.74, 6) is 1.32. The number of aryl methyl sites for hydroxylation is 1. The molecule has 10 nitrogen and oxygen atoms in total. The highest BCUT2D eigenvalue weighted by Gasteiger charge is 2.33. The molecule has 1 aliphatic heterocycles. The number of nitrogens with one attached hydrogen (secondary N) is 1. The molecule has 41 heavy (non-hydrogen) atoms. The summed E-state index contributed by atoms with van der Waals surface area (Å²) >= 11 is 2.91. The van der Waals surface area contributed by atoms with Crippen molar-refractivity contribution in [2.75, 3.05) is 20.0 Å². The van der Waals surface area contributed by atoms with Gasteiger partial charge in [0.15, 0.2) is 11.0 Å². The van der Waals surface area contributed by atoms with E-state index in [0.717, 1.165) is 21.7 Å². The number of benzene rings is 2. The minimum Gasteiger partial charge on any atom is -0.497 e. The van der Waals surface area contributed by atoms with Gasteiger partial charge >= 0.3 is 0 Å². The fourth-order valence-electron chi connectivity index (χ4n) is 4.40. The first-order valence-electron chi connectivity index (χ1n) is 12.9. The van der Waals surface area contributed by atoms with E-state index < -0.39 is 0 Å². The second-order valence-corrected chi connectivity index (χ2v) is 11.3. The van der Waals surface area contributed by atoms with Crippen LogP contribution in [0.2, 0.25) is 0 Å². The van der Waals surface area contributed by atoms with E-state index >= 15 is 0 Å². The van der Waals surface area contributed by atoms with Crippen LogP contribution >= 0.6 is 23.1 Å². The Morgan fingerprint density at radius 3 is 2.46 bits per heavy atom. The predicted molar refractivity (Wildman–Crippen MR) is 159 cm³/mol. The maximum atomic E-state index is 13.4. The van der Waals surface area contributed by atoms with Crippen molar-refractivity contribution in [2.45, 2.75) is 31.1 Å². The molecule has 12 heteroatoms. The third-order valence-electron chi connectivity index (χ3n) is 6.70. The van der Waals surface area contributed by atoms with E-state index in [1.807, 2.05) is 24.4 Å². The number of rotatable bonds is 10. The van der Waals surface area contributed by atoms with E-state index in [1.165, 1.54) is 26.0 Å². The second-order valence-electron chi connectivity index (χ2n) is 9.42. The second kappa shape index (κ2) is 12.6. The molecule has 0 fully saturated rings. The summed E-state index contributed by atoms with van der Waals surface area (Å²) in [6, 6.07) is 17.1. The number of thiophene rings is 1. The zero-order valence-electron chi connectivity index (χ0n) is 23.2. The van der Waals surface area contributed by atoms with Gasteiger partial charge in [-0.25, -0.2) is 5.01 Å².